The van der Waals surface area contributed by atoms with Crippen LogP contribution in [-0.4, -0.2) is 95.2 Å². The topological polar surface area (TPSA) is 196 Å². The maximum Gasteiger partial charge on any atom is 0.408 e. The average molecular weight is 793 g/mol. The summed E-state index contributed by atoms with van der Waals surface area (Å²) < 4.78 is 34.3. The van der Waals surface area contributed by atoms with Crippen molar-refractivity contribution in [3.05, 3.63) is 88.8 Å². The van der Waals surface area contributed by atoms with Crippen LogP contribution in [-0.2, 0) is 19.6 Å². The number of alkyl carbamates (subject to hydrolysis) is 1. The molecule has 15 nitrogen and oxygen atoms in total. The maximum atomic E-state index is 14.4. The van der Waals surface area contributed by atoms with Gasteiger partial charge in [-0.25, -0.2) is 27.9 Å². The number of ether oxygens (including phenoxy) is 1. The van der Waals surface area contributed by atoms with Crippen LogP contribution in [0.3, 0.4) is 0 Å². The smallest absolute Gasteiger partial charge is 0.408 e. The summed E-state index contributed by atoms with van der Waals surface area (Å²) in [4.78, 5) is 67.9. The van der Waals surface area contributed by atoms with Gasteiger partial charge in [0.2, 0.25) is 15.9 Å². The number of piperidine rings is 1. The number of unbranched alkanes of at least 4 members (excludes halogenated alkanes) is 1. The number of anilines is 1. The van der Waals surface area contributed by atoms with E-state index in [1.165, 1.54) is 6.33 Å². The molecule has 4 heterocycles. The van der Waals surface area contributed by atoms with Crippen molar-refractivity contribution < 1.29 is 32.3 Å². The fourth-order valence-corrected chi connectivity index (χ4v) is 8.15. The van der Waals surface area contributed by atoms with Crippen molar-refractivity contribution in [2.45, 2.75) is 70.1 Å². The van der Waals surface area contributed by atoms with Crippen LogP contribution in [0.2, 0.25) is 5.02 Å². The lowest BCUT2D eigenvalue weighted by molar-refractivity contribution is -0.129. The number of fused-ring (bicyclic) bond motifs is 2. The molecular weight excluding hydrogens is 748 g/mol. The van der Waals surface area contributed by atoms with E-state index in [9.17, 15) is 27.6 Å². The van der Waals surface area contributed by atoms with Gasteiger partial charge in [-0.05, 0) is 88.8 Å². The quantitative estimate of drug-likeness (QED) is 0.103. The minimum atomic E-state index is -3.74. The summed E-state index contributed by atoms with van der Waals surface area (Å²) in [7, 11) is -3.74. The van der Waals surface area contributed by atoms with Gasteiger partial charge in [0.15, 0.2) is 0 Å². The SMILES string of the molecule is CC(C)(C)OC(=O)NC1(C(=O)N[C@@H](CCNS(=O)(=O)CCCCN2C(=O)c3ccccc3C2=O)c2ccc(Cl)cc2)CCN(c2ncnc3[nH]ccc23)CC1. The number of hydrogen-bond acceptors (Lipinski definition) is 10. The Hall–Kier alpha value is -5.06. The highest BCUT2D eigenvalue weighted by Crippen LogP contribution is 2.31. The number of carbonyl (C=O) groups excluding carboxylic acids is 4. The molecule has 2 aliphatic rings. The first-order chi connectivity index (χ1) is 26.1. The average Bonchev–Trinajstić information content (AvgIpc) is 3.72. The molecule has 17 heteroatoms. The molecule has 1 saturated heterocycles. The molecule has 2 aliphatic heterocycles. The van der Waals surface area contributed by atoms with E-state index < -0.39 is 39.2 Å². The molecule has 0 aliphatic carbocycles. The van der Waals surface area contributed by atoms with Crippen LogP contribution >= 0.6 is 11.6 Å². The molecule has 0 spiro atoms. The number of nitrogens with one attached hydrogen (secondary N) is 4. The van der Waals surface area contributed by atoms with Gasteiger partial charge in [0.25, 0.3) is 11.8 Å². The predicted molar refractivity (Wildman–Crippen MR) is 207 cm³/mol. The fourth-order valence-electron chi connectivity index (χ4n) is 6.87. The number of aromatic amines is 1. The summed E-state index contributed by atoms with van der Waals surface area (Å²) in [5, 5.41) is 7.31. The normalized spacial score (nSPS) is 16.2. The van der Waals surface area contributed by atoms with Gasteiger partial charge >= 0.3 is 6.09 Å². The third kappa shape index (κ3) is 9.43. The van der Waals surface area contributed by atoms with Gasteiger partial charge in [-0.2, -0.15) is 0 Å². The van der Waals surface area contributed by atoms with Crippen molar-refractivity contribution in [2.24, 2.45) is 0 Å². The summed E-state index contributed by atoms with van der Waals surface area (Å²) >= 11 is 6.18. The highest BCUT2D eigenvalue weighted by molar-refractivity contribution is 7.89. The third-order valence-corrected chi connectivity index (χ3v) is 11.4. The number of aromatic nitrogens is 3. The molecule has 292 valence electrons. The summed E-state index contributed by atoms with van der Waals surface area (Å²) in [6, 6.07) is 14.7. The molecule has 0 saturated carbocycles. The number of hydrogen-bond donors (Lipinski definition) is 4. The van der Waals surface area contributed by atoms with E-state index in [2.05, 4.69) is 30.3 Å². The number of nitrogens with zero attached hydrogens (tertiary/aromatic N) is 4. The largest absolute Gasteiger partial charge is 0.444 e. The predicted octanol–water partition coefficient (Wildman–Crippen LogP) is 4.72. The number of carbonyl (C=O) groups is 4. The molecule has 1 atom stereocenters. The molecule has 6 rings (SSSR count). The first kappa shape index (κ1) is 39.6. The van der Waals surface area contributed by atoms with Crippen molar-refractivity contribution in [3.8, 4) is 0 Å². The zero-order chi connectivity index (χ0) is 39.4. The summed E-state index contributed by atoms with van der Waals surface area (Å²) in [6.07, 6.45) is 3.71. The zero-order valence-electron chi connectivity index (χ0n) is 30.9. The molecule has 0 bridgehead atoms. The summed E-state index contributed by atoms with van der Waals surface area (Å²) in [6.45, 7) is 6.11. The number of imide groups is 1. The molecule has 1 fully saturated rings. The zero-order valence-corrected chi connectivity index (χ0v) is 32.5. The van der Waals surface area contributed by atoms with Gasteiger partial charge in [0.1, 0.15) is 28.9 Å². The Kier molecular flexibility index (Phi) is 11.8. The molecule has 4 aromatic rings. The first-order valence-electron chi connectivity index (χ1n) is 18.2. The number of halogens is 1. The van der Waals surface area contributed by atoms with Crippen molar-refractivity contribution in [1.29, 1.82) is 0 Å². The van der Waals surface area contributed by atoms with Crippen LogP contribution in [0, 0.1) is 0 Å². The van der Waals surface area contributed by atoms with E-state index in [0.29, 0.717) is 52.7 Å². The van der Waals surface area contributed by atoms with Crippen molar-refractivity contribution >= 4 is 62.3 Å². The third-order valence-electron chi connectivity index (χ3n) is 9.68. The number of rotatable bonds is 14. The fraction of sp³-hybridized carbons (Fsp3) is 0.421. The monoisotopic (exact) mass is 792 g/mol. The van der Waals surface area contributed by atoms with E-state index in [0.717, 1.165) is 10.3 Å². The van der Waals surface area contributed by atoms with E-state index in [-0.39, 0.29) is 56.3 Å². The Morgan fingerprint density at radius 2 is 1.65 bits per heavy atom. The lowest BCUT2D eigenvalue weighted by atomic mass is 9.85. The Morgan fingerprint density at radius 1 is 0.982 bits per heavy atom. The van der Waals surface area contributed by atoms with Gasteiger partial charge < -0.3 is 25.3 Å². The highest BCUT2D eigenvalue weighted by Gasteiger charge is 2.45. The Labute approximate surface area is 324 Å². The van der Waals surface area contributed by atoms with Crippen molar-refractivity contribution in [1.82, 2.24) is 35.2 Å². The van der Waals surface area contributed by atoms with Gasteiger partial charge in [-0.1, -0.05) is 35.9 Å². The summed E-state index contributed by atoms with van der Waals surface area (Å²) in [5.41, 5.74) is -0.0789. The lowest BCUT2D eigenvalue weighted by Gasteiger charge is -2.42. The number of sulfonamides is 1. The standard InChI is InChI=1S/C38H45ClN8O7S/c1-37(2,3)54-36(51)45-38(16-21-46(22-17-38)32-29-14-18-40-31(29)41-24-42-32)35(50)44-30(25-10-12-26(39)13-11-25)15-19-43-55(52,53)23-7-6-20-47-33(48)27-8-4-5-9-28(27)34(47)49/h4-5,8-14,18,24,30,43H,6-7,15-17,19-23H2,1-3H3,(H,44,50)(H,45,51)(H,40,41,42)/t30-/m0/s1. The van der Waals surface area contributed by atoms with E-state index >= 15 is 0 Å². The van der Waals surface area contributed by atoms with Crippen LogP contribution in [0.25, 0.3) is 11.0 Å². The molecule has 4 N–H and O–H groups in total. The molecule has 0 unspecified atom stereocenters. The van der Waals surface area contributed by atoms with Gasteiger partial charge in [0, 0.05) is 37.4 Å². The van der Waals surface area contributed by atoms with E-state index in [1.54, 1.807) is 75.5 Å². The van der Waals surface area contributed by atoms with Crippen LogP contribution in [0.15, 0.2) is 67.1 Å². The Balaban J connectivity index is 1.10. The van der Waals surface area contributed by atoms with Crippen LogP contribution < -0.4 is 20.3 Å². The van der Waals surface area contributed by atoms with Crippen LogP contribution in [0.5, 0.6) is 0 Å². The Morgan fingerprint density at radius 3 is 2.31 bits per heavy atom. The van der Waals surface area contributed by atoms with Crippen LogP contribution in [0.1, 0.15) is 85.2 Å². The lowest BCUT2D eigenvalue weighted by Crippen LogP contribution is -2.64. The second-order valence-corrected chi connectivity index (χ2v) is 17.1. The van der Waals surface area contributed by atoms with Crippen LogP contribution in [0.4, 0.5) is 10.6 Å². The second kappa shape index (κ2) is 16.4. The van der Waals surface area contributed by atoms with Gasteiger partial charge in [-0.3, -0.25) is 19.3 Å². The first-order valence-corrected chi connectivity index (χ1v) is 20.2. The van der Waals surface area contributed by atoms with Crippen molar-refractivity contribution in [3.63, 3.8) is 0 Å². The van der Waals surface area contributed by atoms with E-state index in [4.69, 9.17) is 16.3 Å². The van der Waals surface area contributed by atoms with Crippen molar-refractivity contribution in [2.75, 3.05) is 36.8 Å². The second-order valence-electron chi connectivity index (χ2n) is 14.7. The van der Waals surface area contributed by atoms with Gasteiger partial charge in [0.05, 0.1) is 28.3 Å². The van der Waals surface area contributed by atoms with E-state index in [1.807, 2.05) is 11.0 Å². The number of H-pyrrole nitrogens is 1. The molecule has 2 aromatic carbocycles. The van der Waals surface area contributed by atoms with Gasteiger partial charge in [-0.15, -0.1) is 0 Å². The number of amides is 4. The molecule has 0 radical (unpaired) electrons. The molecular formula is C38H45ClN8O7S. The Bertz CT molecular complexity index is 2130. The minimum Gasteiger partial charge on any atom is -0.444 e. The molecule has 2 aromatic heterocycles. The number of benzene rings is 2. The highest BCUT2D eigenvalue weighted by atomic mass is 35.5. The molecule has 4 amide bonds. The minimum absolute atomic E-state index is 0.00500. The maximum absolute atomic E-state index is 14.4. The summed E-state index contributed by atoms with van der Waals surface area (Å²) in [5.74, 6) is -0.700. The molecule has 55 heavy (non-hydrogen) atoms.